The van der Waals surface area contributed by atoms with Crippen LogP contribution >= 0.6 is 46.4 Å². The summed E-state index contributed by atoms with van der Waals surface area (Å²) in [6, 6.07) is 10.3. The number of benzene rings is 2. The smallest absolute Gasteiger partial charge is 0.224 e. The van der Waals surface area contributed by atoms with E-state index in [0.29, 0.717) is 44.2 Å². The molecule has 0 unspecified atom stereocenters. The summed E-state index contributed by atoms with van der Waals surface area (Å²) >= 11 is 24.3. The maximum Gasteiger partial charge on any atom is 0.224 e. The highest BCUT2D eigenvalue weighted by Gasteiger charge is 2.29. The largest absolute Gasteiger partial charge is 0.334 e. The lowest BCUT2D eigenvalue weighted by Gasteiger charge is -2.30. The van der Waals surface area contributed by atoms with Crippen LogP contribution in [0, 0.1) is 0 Å². The fraction of sp³-hybridized carbons (Fsp3) is 0.250. The molecule has 0 radical (unpaired) electrons. The number of hydrogen-bond donors (Lipinski definition) is 0. The molecule has 1 saturated heterocycles. The molecule has 0 aliphatic carbocycles. The van der Waals surface area contributed by atoms with Gasteiger partial charge in [0.05, 0.1) is 20.1 Å². The molecule has 8 heteroatoms. The van der Waals surface area contributed by atoms with E-state index in [1.54, 1.807) is 53.5 Å². The molecule has 168 valence electrons. The SMILES string of the molecule is CN(C)CCC(=O)N1C/C(=C/c2ccc(Cl)c(Cl)c2)C(=O)/C(=C\c2ccc(Cl)c(Cl)c2)C1. The van der Waals surface area contributed by atoms with Crippen molar-refractivity contribution in [3.05, 3.63) is 78.8 Å². The highest BCUT2D eigenvalue weighted by atomic mass is 35.5. The first-order valence-corrected chi connectivity index (χ1v) is 11.4. The van der Waals surface area contributed by atoms with Gasteiger partial charge >= 0.3 is 0 Å². The van der Waals surface area contributed by atoms with Crippen LogP contribution in [0.25, 0.3) is 12.2 Å². The average molecular weight is 512 g/mol. The van der Waals surface area contributed by atoms with E-state index in [4.69, 9.17) is 46.4 Å². The summed E-state index contributed by atoms with van der Waals surface area (Å²) in [5, 5.41) is 1.67. The molecule has 4 nitrogen and oxygen atoms in total. The Hall–Kier alpha value is -1.82. The first-order valence-electron chi connectivity index (χ1n) is 9.92. The monoisotopic (exact) mass is 510 g/mol. The van der Waals surface area contributed by atoms with Crippen LogP contribution < -0.4 is 0 Å². The number of halogens is 4. The van der Waals surface area contributed by atoms with Gasteiger partial charge in [-0.1, -0.05) is 58.5 Å². The van der Waals surface area contributed by atoms with Crippen LogP contribution in [-0.4, -0.2) is 55.2 Å². The lowest BCUT2D eigenvalue weighted by molar-refractivity contribution is -0.131. The Balaban J connectivity index is 1.98. The van der Waals surface area contributed by atoms with Crippen molar-refractivity contribution in [2.24, 2.45) is 0 Å². The normalized spacial score (nSPS) is 17.0. The first kappa shape index (κ1) is 24.8. The van der Waals surface area contributed by atoms with E-state index in [0.717, 1.165) is 11.1 Å². The highest BCUT2D eigenvalue weighted by molar-refractivity contribution is 6.42. The summed E-state index contributed by atoms with van der Waals surface area (Å²) in [6.07, 6.45) is 3.86. The first-order chi connectivity index (χ1) is 15.1. The number of hydrogen-bond acceptors (Lipinski definition) is 3. The van der Waals surface area contributed by atoms with Crippen LogP contribution in [0.2, 0.25) is 20.1 Å². The number of rotatable bonds is 5. The number of piperidine rings is 1. The molecular formula is C24H22Cl4N2O2. The minimum Gasteiger partial charge on any atom is -0.334 e. The Labute approximate surface area is 208 Å². The van der Waals surface area contributed by atoms with Gasteiger partial charge in [-0.25, -0.2) is 0 Å². The molecule has 2 aromatic rings. The van der Waals surface area contributed by atoms with Crippen LogP contribution in [0.5, 0.6) is 0 Å². The van der Waals surface area contributed by atoms with Gasteiger partial charge in [-0.3, -0.25) is 9.59 Å². The molecule has 3 rings (SSSR count). The molecule has 0 aromatic heterocycles. The lowest BCUT2D eigenvalue weighted by Crippen LogP contribution is -2.42. The van der Waals surface area contributed by atoms with Crippen molar-refractivity contribution in [1.29, 1.82) is 0 Å². The van der Waals surface area contributed by atoms with Gasteiger partial charge in [0.2, 0.25) is 5.91 Å². The summed E-state index contributed by atoms with van der Waals surface area (Å²) in [4.78, 5) is 29.8. The molecule has 0 saturated carbocycles. The predicted octanol–water partition coefficient (Wildman–Crippen LogP) is 6.13. The Morgan fingerprint density at radius 1 is 0.875 bits per heavy atom. The van der Waals surface area contributed by atoms with Crippen LogP contribution in [-0.2, 0) is 9.59 Å². The Bertz CT molecular complexity index is 1040. The molecule has 32 heavy (non-hydrogen) atoms. The van der Waals surface area contributed by atoms with Gasteiger partial charge in [-0.2, -0.15) is 0 Å². The van der Waals surface area contributed by atoms with Gasteiger partial charge in [0.25, 0.3) is 0 Å². The predicted molar refractivity (Wildman–Crippen MR) is 134 cm³/mol. The molecule has 1 aliphatic rings. The molecule has 2 aromatic carbocycles. The number of Topliss-reactive ketones (excluding diaryl/α,β-unsaturated/α-hetero) is 1. The molecule has 0 atom stereocenters. The van der Waals surface area contributed by atoms with Crippen LogP contribution in [0.1, 0.15) is 17.5 Å². The topological polar surface area (TPSA) is 40.6 Å². The van der Waals surface area contributed by atoms with E-state index in [1.165, 1.54) is 0 Å². The highest BCUT2D eigenvalue weighted by Crippen LogP contribution is 2.28. The van der Waals surface area contributed by atoms with Crippen molar-refractivity contribution >= 4 is 70.2 Å². The van der Waals surface area contributed by atoms with Crippen molar-refractivity contribution in [1.82, 2.24) is 9.80 Å². The summed E-state index contributed by atoms with van der Waals surface area (Å²) in [7, 11) is 3.83. The zero-order valence-electron chi connectivity index (χ0n) is 17.7. The molecule has 1 heterocycles. The van der Waals surface area contributed by atoms with Gasteiger partial charge in [-0.05, 0) is 61.6 Å². The summed E-state index contributed by atoms with van der Waals surface area (Å²) in [6.45, 7) is 1.08. The number of carbonyl (C=O) groups is 2. The van der Waals surface area contributed by atoms with E-state index < -0.39 is 0 Å². The van der Waals surface area contributed by atoms with Gasteiger partial charge < -0.3 is 9.80 Å². The maximum absolute atomic E-state index is 13.3. The van der Waals surface area contributed by atoms with E-state index in [9.17, 15) is 9.59 Å². The molecule has 1 aliphatic heterocycles. The second-order valence-electron chi connectivity index (χ2n) is 7.82. The number of ketones is 1. The van der Waals surface area contributed by atoms with Crippen molar-refractivity contribution in [2.45, 2.75) is 6.42 Å². The third-order valence-electron chi connectivity index (χ3n) is 5.00. The fourth-order valence-electron chi connectivity index (χ4n) is 3.30. The molecule has 0 bridgehead atoms. The molecule has 0 N–H and O–H groups in total. The lowest BCUT2D eigenvalue weighted by atomic mass is 9.94. The second-order valence-corrected chi connectivity index (χ2v) is 9.45. The second kappa shape index (κ2) is 10.9. The van der Waals surface area contributed by atoms with Crippen LogP contribution in [0.4, 0.5) is 0 Å². The van der Waals surface area contributed by atoms with Gasteiger partial charge in [0.15, 0.2) is 5.78 Å². The van der Waals surface area contributed by atoms with Crippen molar-refractivity contribution in [3.63, 3.8) is 0 Å². The van der Waals surface area contributed by atoms with Gasteiger partial charge in [0, 0.05) is 37.2 Å². The average Bonchev–Trinajstić information content (AvgIpc) is 2.74. The molecule has 1 amide bonds. The minimum absolute atomic E-state index is 0.0220. The maximum atomic E-state index is 13.3. The van der Waals surface area contributed by atoms with Gasteiger partial charge in [0.1, 0.15) is 0 Å². The Morgan fingerprint density at radius 3 is 1.75 bits per heavy atom. The Kier molecular flexibility index (Phi) is 8.43. The van der Waals surface area contributed by atoms with E-state index in [-0.39, 0.29) is 24.8 Å². The number of carbonyl (C=O) groups excluding carboxylic acids is 2. The van der Waals surface area contributed by atoms with E-state index in [2.05, 4.69) is 0 Å². The quantitative estimate of drug-likeness (QED) is 0.453. The zero-order chi connectivity index (χ0) is 23.4. The van der Waals surface area contributed by atoms with Crippen molar-refractivity contribution in [2.75, 3.05) is 33.7 Å². The molecule has 1 fully saturated rings. The molecular weight excluding hydrogens is 490 g/mol. The Morgan fingerprint density at radius 2 is 1.34 bits per heavy atom. The summed E-state index contributed by atoms with van der Waals surface area (Å²) < 4.78 is 0. The summed E-state index contributed by atoms with van der Waals surface area (Å²) in [5.74, 6) is -0.148. The number of nitrogens with zero attached hydrogens (tertiary/aromatic N) is 2. The van der Waals surface area contributed by atoms with Crippen molar-refractivity contribution in [3.8, 4) is 0 Å². The third kappa shape index (κ3) is 6.37. The third-order valence-corrected chi connectivity index (χ3v) is 6.48. The van der Waals surface area contributed by atoms with Crippen LogP contribution in [0.3, 0.4) is 0 Å². The zero-order valence-corrected chi connectivity index (χ0v) is 20.7. The van der Waals surface area contributed by atoms with E-state index >= 15 is 0 Å². The standard InChI is InChI=1S/C24H22Cl4N2O2/c1-29(2)8-7-23(31)30-13-17(9-15-3-5-19(25)21(27)11-15)24(32)18(14-30)10-16-4-6-20(26)22(28)12-16/h3-6,9-12H,7-8,13-14H2,1-2H3/b17-9-,18-10-. The van der Waals surface area contributed by atoms with Crippen molar-refractivity contribution < 1.29 is 9.59 Å². The fourth-order valence-corrected chi connectivity index (χ4v) is 3.91. The van der Waals surface area contributed by atoms with Gasteiger partial charge in [-0.15, -0.1) is 0 Å². The minimum atomic E-state index is -0.126. The summed E-state index contributed by atoms with van der Waals surface area (Å²) in [5.41, 5.74) is 2.47. The number of amides is 1. The van der Waals surface area contributed by atoms with E-state index in [1.807, 2.05) is 19.0 Å². The number of likely N-dealkylation sites (tertiary alicyclic amines) is 1. The van der Waals surface area contributed by atoms with Crippen LogP contribution in [0.15, 0.2) is 47.5 Å². The molecule has 0 spiro atoms.